The molecule has 1 aromatic heterocycles. The number of hydrogen-bond acceptors (Lipinski definition) is 7. The van der Waals surface area contributed by atoms with Gasteiger partial charge in [-0.2, -0.15) is 8.78 Å². The number of hydrogen-bond donors (Lipinski definition) is 2. The number of thiophene rings is 1. The van der Waals surface area contributed by atoms with E-state index in [0.29, 0.717) is 9.21 Å². The molecular formula is C25H27ClF2N4O5S. The lowest BCUT2D eigenvalue weighted by Gasteiger charge is -2.31. The Hall–Kier alpha value is -2.80. The van der Waals surface area contributed by atoms with Gasteiger partial charge in [0.2, 0.25) is 5.91 Å². The Morgan fingerprint density at radius 2 is 1.92 bits per heavy atom. The molecule has 0 radical (unpaired) electrons. The number of carbonyl (C=O) groups excluding carboxylic acids is 3. The van der Waals surface area contributed by atoms with E-state index in [1.54, 1.807) is 12.1 Å². The summed E-state index contributed by atoms with van der Waals surface area (Å²) < 4.78 is 36.7. The number of benzene rings is 1. The molecule has 3 amide bonds. The number of morpholine rings is 1. The van der Waals surface area contributed by atoms with Crippen LogP contribution in [-0.2, 0) is 14.3 Å². The van der Waals surface area contributed by atoms with Gasteiger partial charge in [0, 0.05) is 36.9 Å². The summed E-state index contributed by atoms with van der Waals surface area (Å²) in [6.45, 7) is -2.74. The fraction of sp³-hybridized carbons (Fsp3) is 0.480. The van der Waals surface area contributed by atoms with Gasteiger partial charge in [-0.05, 0) is 49.9 Å². The van der Waals surface area contributed by atoms with Crippen molar-refractivity contribution >= 4 is 52.0 Å². The molecule has 3 aliphatic rings. The Morgan fingerprint density at radius 3 is 2.53 bits per heavy atom. The summed E-state index contributed by atoms with van der Waals surface area (Å²) >= 11 is 7.10. The number of anilines is 2. The molecule has 2 N–H and O–H groups in total. The van der Waals surface area contributed by atoms with Crippen LogP contribution >= 0.6 is 22.9 Å². The van der Waals surface area contributed by atoms with Crippen LogP contribution in [0.1, 0.15) is 35.4 Å². The van der Waals surface area contributed by atoms with E-state index in [-0.39, 0.29) is 73.2 Å². The number of alkyl halides is 2. The third-order valence-electron chi connectivity index (χ3n) is 6.57. The van der Waals surface area contributed by atoms with Crippen molar-refractivity contribution in [3.05, 3.63) is 39.5 Å². The molecule has 1 aromatic carbocycles. The van der Waals surface area contributed by atoms with Gasteiger partial charge in [-0.25, -0.2) is 0 Å². The normalized spacial score (nSPS) is 18.6. The maximum atomic E-state index is 13.6. The molecule has 5 rings (SSSR count). The zero-order valence-electron chi connectivity index (χ0n) is 20.3. The molecule has 2 aliphatic carbocycles. The average Bonchev–Trinajstić information content (AvgIpc) is 3.81. The topological polar surface area (TPSA) is 100 Å². The van der Waals surface area contributed by atoms with Crippen LogP contribution in [0.25, 0.3) is 0 Å². The summed E-state index contributed by atoms with van der Waals surface area (Å²) in [5.74, 6) is -1.29. The molecule has 1 aliphatic heterocycles. The number of amides is 3. The second-order valence-corrected chi connectivity index (χ2v) is 11.1. The van der Waals surface area contributed by atoms with Crippen molar-refractivity contribution in [3.8, 4) is 5.75 Å². The second-order valence-electron chi connectivity index (χ2n) is 9.39. The van der Waals surface area contributed by atoms with Gasteiger partial charge in [0.15, 0.2) is 5.75 Å². The van der Waals surface area contributed by atoms with Crippen LogP contribution in [0.15, 0.2) is 30.3 Å². The molecule has 13 heteroatoms. The fourth-order valence-electron chi connectivity index (χ4n) is 4.60. The van der Waals surface area contributed by atoms with E-state index < -0.39 is 12.7 Å². The predicted octanol–water partition coefficient (Wildman–Crippen LogP) is 3.73. The smallest absolute Gasteiger partial charge is 0.387 e. The maximum absolute atomic E-state index is 13.6. The van der Waals surface area contributed by atoms with Gasteiger partial charge in [-0.15, -0.1) is 11.3 Å². The number of nitrogens with one attached hydrogen (secondary N) is 2. The van der Waals surface area contributed by atoms with E-state index in [2.05, 4.69) is 15.5 Å². The van der Waals surface area contributed by atoms with Crippen molar-refractivity contribution in [3.63, 3.8) is 0 Å². The van der Waals surface area contributed by atoms with Crippen LogP contribution in [-0.4, -0.2) is 73.7 Å². The lowest BCUT2D eigenvalue weighted by atomic mass is 10.1. The van der Waals surface area contributed by atoms with Crippen molar-refractivity contribution in [2.45, 2.75) is 50.4 Å². The molecular weight excluding hydrogens is 542 g/mol. The Balaban J connectivity index is 1.35. The third-order valence-corrected chi connectivity index (χ3v) is 7.80. The summed E-state index contributed by atoms with van der Waals surface area (Å²) in [7, 11) is 0. The van der Waals surface area contributed by atoms with E-state index in [9.17, 15) is 23.2 Å². The highest BCUT2D eigenvalue weighted by Gasteiger charge is 2.45. The lowest BCUT2D eigenvalue weighted by molar-refractivity contribution is -0.126. The van der Waals surface area contributed by atoms with Crippen molar-refractivity contribution < 1.29 is 32.6 Å². The van der Waals surface area contributed by atoms with Crippen LogP contribution in [0, 0.1) is 0 Å². The first kappa shape index (κ1) is 26.8. The van der Waals surface area contributed by atoms with E-state index in [0.717, 1.165) is 37.0 Å². The highest BCUT2D eigenvalue weighted by atomic mass is 35.5. The van der Waals surface area contributed by atoms with Crippen molar-refractivity contribution in [1.29, 1.82) is 0 Å². The van der Waals surface area contributed by atoms with Gasteiger partial charge >= 0.3 is 6.61 Å². The van der Waals surface area contributed by atoms with Crippen molar-refractivity contribution in [2.24, 2.45) is 0 Å². The number of nitrogens with zero attached hydrogens (tertiary/aromatic N) is 2. The molecule has 0 unspecified atom stereocenters. The second kappa shape index (κ2) is 11.5. The van der Waals surface area contributed by atoms with Crippen molar-refractivity contribution in [2.75, 3.05) is 36.5 Å². The number of rotatable bonds is 11. The Morgan fingerprint density at radius 1 is 1.18 bits per heavy atom. The number of carbonyl (C=O) groups is 3. The molecule has 1 saturated heterocycles. The molecule has 0 spiro atoms. The predicted molar refractivity (Wildman–Crippen MR) is 138 cm³/mol. The van der Waals surface area contributed by atoms with Gasteiger partial charge in [0.05, 0.1) is 21.5 Å². The minimum absolute atomic E-state index is 0.0773. The van der Waals surface area contributed by atoms with Gasteiger partial charge in [0.25, 0.3) is 11.8 Å². The summed E-state index contributed by atoms with van der Waals surface area (Å²) in [6, 6.07) is 7.42. The summed E-state index contributed by atoms with van der Waals surface area (Å²) in [6.07, 6.45) is 3.90. The van der Waals surface area contributed by atoms with Gasteiger partial charge < -0.3 is 25.0 Å². The van der Waals surface area contributed by atoms with Gasteiger partial charge in [-0.1, -0.05) is 11.6 Å². The first-order valence-corrected chi connectivity index (χ1v) is 13.6. The SMILES string of the molecule is O=C(NC[C@H](C(=O)Nc1ccc(N2CCOCC2=O)c(OC(F)F)c1)N(C1CC1)C1CC1)c1ccc(Cl)s1. The van der Waals surface area contributed by atoms with Crippen molar-refractivity contribution in [1.82, 2.24) is 10.2 Å². The number of halogens is 3. The lowest BCUT2D eigenvalue weighted by Crippen LogP contribution is -2.52. The molecule has 0 bridgehead atoms. The highest BCUT2D eigenvalue weighted by Crippen LogP contribution is 2.39. The average molecular weight is 569 g/mol. The third kappa shape index (κ3) is 6.42. The number of ether oxygens (including phenoxy) is 2. The van der Waals surface area contributed by atoms with Gasteiger partial charge in [0.1, 0.15) is 12.6 Å². The van der Waals surface area contributed by atoms with Crippen LogP contribution in [0.4, 0.5) is 20.2 Å². The molecule has 9 nitrogen and oxygen atoms in total. The Kier molecular flexibility index (Phi) is 8.12. The first-order valence-electron chi connectivity index (χ1n) is 12.4. The Labute approximate surface area is 227 Å². The monoisotopic (exact) mass is 568 g/mol. The van der Waals surface area contributed by atoms with Crippen LogP contribution < -0.4 is 20.3 Å². The van der Waals surface area contributed by atoms with Crippen LogP contribution in [0.5, 0.6) is 5.75 Å². The van der Waals surface area contributed by atoms with E-state index in [4.69, 9.17) is 21.1 Å². The molecule has 2 aromatic rings. The largest absolute Gasteiger partial charge is 0.433 e. The summed E-state index contributed by atoms with van der Waals surface area (Å²) in [4.78, 5) is 42.4. The molecule has 38 heavy (non-hydrogen) atoms. The standard InChI is InChI=1S/C25H27ClF2N4O5S/c26-21-8-7-20(38-21)24(35)29-12-18(32(15-2-3-15)16-4-5-16)23(34)30-14-1-6-17(19(11-14)37-25(27)28)31-9-10-36-13-22(31)33/h1,6-8,11,15-16,18,25H,2-5,9-10,12-13H2,(H,29,35)(H,30,34)/t18-/m1/s1. The van der Waals surface area contributed by atoms with E-state index in [1.807, 2.05) is 0 Å². The quantitative estimate of drug-likeness (QED) is 0.428. The molecule has 204 valence electrons. The molecule has 2 heterocycles. The van der Waals surface area contributed by atoms with E-state index in [1.165, 1.54) is 23.1 Å². The summed E-state index contributed by atoms with van der Waals surface area (Å²) in [5, 5.41) is 5.66. The summed E-state index contributed by atoms with van der Waals surface area (Å²) in [5.41, 5.74) is 0.413. The fourth-order valence-corrected chi connectivity index (χ4v) is 5.56. The van der Waals surface area contributed by atoms with Gasteiger partial charge in [-0.3, -0.25) is 19.3 Å². The first-order chi connectivity index (χ1) is 18.3. The minimum Gasteiger partial charge on any atom is -0.433 e. The molecule has 1 atom stereocenters. The molecule has 2 saturated carbocycles. The van der Waals surface area contributed by atoms with Crippen LogP contribution in [0.3, 0.4) is 0 Å². The van der Waals surface area contributed by atoms with E-state index >= 15 is 0 Å². The highest BCUT2D eigenvalue weighted by molar-refractivity contribution is 7.18. The maximum Gasteiger partial charge on any atom is 0.387 e. The zero-order valence-corrected chi connectivity index (χ0v) is 21.9. The zero-order chi connectivity index (χ0) is 26.8. The van der Waals surface area contributed by atoms with Crippen LogP contribution in [0.2, 0.25) is 4.34 Å². The minimum atomic E-state index is -3.12. The Bertz CT molecular complexity index is 1190. The molecule has 3 fully saturated rings.